The average molecular weight is 246 g/mol. The molecule has 4 heteroatoms. The van der Waals surface area contributed by atoms with Crippen LogP contribution in [0.25, 0.3) is 11.1 Å². The number of carboxylic acid groups (broad SMARTS) is 1. The largest absolute Gasteiger partial charge is 0.496 e. The van der Waals surface area contributed by atoms with Crippen molar-refractivity contribution in [3.05, 3.63) is 53.8 Å². The first-order valence-electron chi connectivity index (χ1n) is 5.29. The maximum Gasteiger partial charge on any atom is 0.335 e. The minimum absolute atomic E-state index is 0.152. The van der Waals surface area contributed by atoms with Crippen LogP contribution in [-0.2, 0) is 0 Å². The summed E-state index contributed by atoms with van der Waals surface area (Å²) in [5.74, 6) is -0.919. The van der Waals surface area contributed by atoms with Gasteiger partial charge in [-0.25, -0.2) is 9.18 Å². The van der Waals surface area contributed by atoms with Gasteiger partial charge in [0.2, 0.25) is 0 Å². The van der Waals surface area contributed by atoms with E-state index in [4.69, 9.17) is 9.84 Å². The van der Waals surface area contributed by atoms with Gasteiger partial charge >= 0.3 is 5.97 Å². The smallest absolute Gasteiger partial charge is 0.335 e. The minimum atomic E-state index is -1.02. The highest BCUT2D eigenvalue weighted by Crippen LogP contribution is 2.31. The van der Waals surface area contributed by atoms with Crippen LogP contribution >= 0.6 is 0 Å². The summed E-state index contributed by atoms with van der Waals surface area (Å²) in [7, 11) is 1.48. The Kier molecular flexibility index (Phi) is 3.28. The van der Waals surface area contributed by atoms with Crippen LogP contribution < -0.4 is 4.74 Å². The predicted octanol–water partition coefficient (Wildman–Crippen LogP) is 3.20. The number of aromatic carboxylic acids is 1. The Hall–Kier alpha value is -2.36. The molecule has 0 atom stereocenters. The van der Waals surface area contributed by atoms with Crippen molar-refractivity contribution in [2.75, 3.05) is 7.11 Å². The van der Waals surface area contributed by atoms with Gasteiger partial charge in [-0.05, 0) is 35.9 Å². The molecule has 0 unspecified atom stereocenters. The van der Waals surface area contributed by atoms with Gasteiger partial charge in [-0.2, -0.15) is 0 Å². The molecule has 0 fully saturated rings. The molecule has 0 aliphatic rings. The first-order chi connectivity index (χ1) is 8.61. The Morgan fingerprint density at radius 2 is 2.00 bits per heavy atom. The first kappa shape index (κ1) is 12.1. The molecule has 3 nitrogen and oxygen atoms in total. The summed E-state index contributed by atoms with van der Waals surface area (Å²) < 4.78 is 18.4. The summed E-state index contributed by atoms with van der Waals surface area (Å²) in [5, 5.41) is 8.93. The van der Waals surface area contributed by atoms with E-state index >= 15 is 0 Å². The van der Waals surface area contributed by atoms with Crippen LogP contribution in [0.2, 0.25) is 0 Å². The zero-order valence-electron chi connectivity index (χ0n) is 9.68. The van der Waals surface area contributed by atoms with Crippen LogP contribution in [-0.4, -0.2) is 18.2 Å². The zero-order valence-corrected chi connectivity index (χ0v) is 9.68. The summed E-state index contributed by atoms with van der Waals surface area (Å²) in [4.78, 5) is 10.9. The number of carboxylic acids is 1. The van der Waals surface area contributed by atoms with E-state index in [0.29, 0.717) is 16.9 Å². The fourth-order valence-electron chi connectivity index (χ4n) is 1.73. The normalized spacial score (nSPS) is 10.1. The Labute approximate surface area is 103 Å². The first-order valence-corrected chi connectivity index (χ1v) is 5.29. The predicted molar refractivity (Wildman–Crippen MR) is 65.3 cm³/mol. The summed E-state index contributed by atoms with van der Waals surface area (Å²) >= 11 is 0. The fraction of sp³-hybridized carbons (Fsp3) is 0.0714. The topological polar surface area (TPSA) is 46.5 Å². The van der Waals surface area contributed by atoms with E-state index in [9.17, 15) is 9.18 Å². The number of hydrogen-bond acceptors (Lipinski definition) is 2. The van der Waals surface area contributed by atoms with Gasteiger partial charge in [0, 0.05) is 5.56 Å². The van der Waals surface area contributed by atoms with Crippen LogP contribution in [0.1, 0.15) is 10.4 Å². The third kappa shape index (κ3) is 2.32. The molecule has 0 saturated heterocycles. The van der Waals surface area contributed by atoms with Crippen molar-refractivity contribution in [1.29, 1.82) is 0 Å². The highest BCUT2D eigenvalue weighted by molar-refractivity contribution is 5.89. The lowest BCUT2D eigenvalue weighted by molar-refractivity contribution is 0.0697. The maximum atomic E-state index is 13.3. The Bertz CT molecular complexity index is 593. The number of carbonyl (C=O) groups is 1. The Balaban J connectivity index is 2.57. The second kappa shape index (κ2) is 4.87. The average Bonchev–Trinajstić information content (AvgIpc) is 2.39. The van der Waals surface area contributed by atoms with E-state index in [-0.39, 0.29) is 5.56 Å². The van der Waals surface area contributed by atoms with Crippen LogP contribution in [0.15, 0.2) is 42.5 Å². The molecule has 0 aliphatic carbocycles. The molecule has 0 saturated carbocycles. The summed E-state index contributed by atoms with van der Waals surface area (Å²) in [5.41, 5.74) is 1.28. The monoisotopic (exact) mass is 246 g/mol. The van der Waals surface area contributed by atoms with Crippen LogP contribution in [0.4, 0.5) is 4.39 Å². The number of methoxy groups -OCH3 is 1. The third-order valence-corrected chi connectivity index (χ3v) is 2.58. The van der Waals surface area contributed by atoms with Gasteiger partial charge in [-0.1, -0.05) is 12.1 Å². The number of hydrogen-bond donors (Lipinski definition) is 1. The number of benzene rings is 2. The van der Waals surface area contributed by atoms with Crippen LogP contribution in [0, 0.1) is 5.82 Å². The number of halogens is 1. The quantitative estimate of drug-likeness (QED) is 0.904. The second-order valence-corrected chi connectivity index (χ2v) is 3.73. The van der Waals surface area contributed by atoms with Gasteiger partial charge in [0.1, 0.15) is 11.6 Å². The highest BCUT2D eigenvalue weighted by atomic mass is 19.1. The van der Waals surface area contributed by atoms with Crippen molar-refractivity contribution < 1.29 is 19.0 Å². The minimum Gasteiger partial charge on any atom is -0.496 e. The van der Waals surface area contributed by atoms with Gasteiger partial charge in [0.15, 0.2) is 0 Å². The summed E-state index contributed by atoms with van der Waals surface area (Å²) in [6, 6.07) is 10.4. The van der Waals surface area contributed by atoms with E-state index in [1.165, 1.54) is 37.4 Å². The van der Waals surface area contributed by atoms with E-state index < -0.39 is 11.8 Å². The van der Waals surface area contributed by atoms with Crippen molar-refractivity contribution >= 4 is 5.97 Å². The van der Waals surface area contributed by atoms with Crippen molar-refractivity contribution in [1.82, 2.24) is 0 Å². The lowest BCUT2D eigenvalue weighted by Gasteiger charge is -2.09. The second-order valence-electron chi connectivity index (χ2n) is 3.73. The maximum absolute atomic E-state index is 13.3. The van der Waals surface area contributed by atoms with Crippen molar-refractivity contribution in [3.8, 4) is 16.9 Å². The SMILES string of the molecule is COc1ccc(F)cc1-c1cccc(C(=O)O)c1. The van der Waals surface area contributed by atoms with Crippen LogP contribution in [0.3, 0.4) is 0 Å². The molecule has 0 bridgehead atoms. The molecule has 0 aromatic heterocycles. The van der Waals surface area contributed by atoms with Gasteiger partial charge < -0.3 is 9.84 Å². The molecule has 2 aromatic rings. The van der Waals surface area contributed by atoms with Gasteiger partial charge in [-0.15, -0.1) is 0 Å². The number of ether oxygens (including phenoxy) is 1. The molecule has 1 N–H and O–H groups in total. The molecule has 0 spiro atoms. The van der Waals surface area contributed by atoms with E-state index in [1.54, 1.807) is 12.1 Å². The summed E-state index contributed by atoms with van der Waals surface area (Å²) in [6.45, 7) is 0. The standard InChI is InChI=1S/C14H11FO3/c1-18-13-6-5-11(15)8-12(13)9-3-2-4-10(7-9)14(16)17/h2-8H,1H3,(H,16,17). The molecule has 0 amide bonds. The van der Waals surface area contributed by atoms with E-state index in [0.717, 1.165) is 0 Å². The summed E-state index contributed by atoms with van der Waals surface area (Å²) in [6.07, 6.45) is 0. The fourth-order valence-corrected chi connectivity index (χ4v) is 1.73. The van der Waals surface area contributed by atoms with E-state index in [2.05, 4.69) is 0 Å². The lowest BCUT2D eigenvalue weighted by atomic mass is 10.0. The van der Waals surface area contributed by atoms with Crippen molar-refractivity contribution in [2.24, 2.45) is 0 Å². The van der Waals surface area contributed by atoms with Gasteiger partial charge in [0.05, 0.1) is 12.7 Å². The molecule has 2 aromatic carbocycles. The van der Waals surface area contributed by atoms with Crippen molar-refractivity contribution in [3.63, 3.8) is 0 Å². The van der Waals surface area contributed by atoms with E-state index in [1.807, 2.05) is 0 Å². The third-order valence-electron chi connectivity index (χ3n) is 2.58. The number of rotatable bonds is 3. The van der Waals surface area contributed by atoms with Gasteiger partial charge in [-0.3, -0.25) is 0 Å². The Morgan fingerprint density at radius 1 is 1.22 bits per heavy atom. The zero-order chi connectivity index (χ0) is 13.1. The molecule has 0 heterocycles. The molecular weight excluding hydrogens is 235 g/mol. The Morgan fingerprint density at radius 3 is 2.67 bits per heavy atom. The molecule has 0 aliphatic heterocycles. The molecule has 18 heavy (non-hydrogen) atoms. The highest BCUT2D eigenvalue weighted by Gasteiger charge is 2.10. The lowest BCUT2D eigenvalue weighted by Crippen LogP contribution is -1.96. The van der Waals surface area contributed by atoms with Crippen LogP contribution in [0.5, 0.6) is 5.75 Å². The molecular formula is C14H11FO3. The molecule has 0 radical (unpaired) electrons. The molecule has 92 valence electrons. The van der Waals surface area contributed by atoms with Gasteiger partial charge in [0.25, 0.3) is 0 Å². The van der Waals surface area contributed by atoms with Crippen molar-refractivity contribution in [2.45, 2.75) is 0 Å². The molecule has 2 rings (SSSR count).